The van der Waals surface area contributed by atoms with E-state index >= 15 is 0 Å². The summed E-state index contributed by atoms with van der Waals surface area (Å²) in [7, 11) is 0. The topological polar surface area (TPSA) is 96.0 Å². The zero-order valence-corrected chi connectivity index (χ0v) is 12.4. The molecule has 0 fully saturated rings. The fourth-order valence-electron chi connectivity index (χ4n) is 2.04. The highest BCUT2D eigenvalue weighted by atomic mass is 32.2. The maximum atomic E-state index is 11.8. The van der Waals surface area contributed by atoms with Crippen LogP contribution in [0.1, 0.15) is 22.8 Å². The van der Waals surface area contributed by atoms with Crippen LogP contribution >= 0.6 is 23.1 Å². The summed E-state index contributed by atoms with van der Waals surface area (Å²) < 4.78 is 0. The lowest BCUT2D eigenvalue weighted by Gasteiger charge is -2.24. The van der Waals surface area contributed by atoms with Crippen molar-refractivity contribution in [2.75, 3.05) is 5.75 Å². The van der Waals surface area contributed by atoms with E-state index in [1.165, 1.54) is 11.3 Å². The summed E-state index contributed by atoms with van der Waals surface area (Å²) in [4.78, 5) is 23.7. The van der Waals surface area contributed by atoms with Gasteiger partial charge in [-0.15, -0.1) is 11.3 Å². The number of amides is 2. The van der Waals surface area contributed by atoms with Gasteiger partial charge in [0.15, 0.2) is 0 Å². The van der Waals surface area contributed by atoms with Gasteiger partial charge in [0.25, 0.3) is 0 Å². The quantitative estimate of drug-likeness (QED) is 0.883. The van der Waals surface area contributed by atoms with Crippen LogP contribution in [-0.2, 0) is 9.59 Å². The third-order valence-corrected chi connectivity index (χ3v) is 5.11. The van der Waals surface area contributed by atoms with E-state index in [-0.39, 0.29) is 24.0 Å². The number of nitrogens with zero attached hydrogens (tertiary/aromatic N) is 1. The van der Waals surface area contributed by atoms with Gasteiger partial charge in [-0.2, -0.15) is 5.26 Å². The normalized spacial score (nSPS) is 18.6. The van der Waals surface area contributed by atoms with Gasteiger partial charge in [0.1, 0.15) is 0 Å². The zero-order chi connectivity index (χ0) is 14.7. The zero-order valence-electron chi connectivity index (χ0n) is 10.8. The SMILES string of the molecule is Cc1ccsc1[C@H]1CC(=O)NC(SCC(N)=O)=C1C#N. The standard InChI is InChI=1S/C13H13N3O2S2/c1-7-2-3-19-12(7)8-4-11(18)16-13(9(8)5-14)20-6-10(15)17/h2-3,8H,4,6H2,1H3,(H2,15,17)(H,16,18)/t8-/m0/s1. The largest absolute Gasteiger partial charge is 0.369 e. The molecule has 5 nitrogen and oxygen atoms in total. The van der Waals surface area contributed by atoms with Crippen LogP contribution in [0.25, 0.3) is 0 Å². The van der Waals surface area contributed by atoms with Gasteiger partial charge in [0.2, 0.25) is 11.8 Å². The van der Waals surface area contributed by atoms with Crippen molar-refractivity contribution >= 4 is 34.9 Å². The van der Waals surface area contributed by atoms with Gasteiger partial charge in [0, 0.05) is 17.2 Å². The Morgan fingerprint density at radius 3 is 3.00 bits per heavy atom. The average molecular weight is 307 g/mol. The number of hydrogen-bond donors (Lipinski definition) is 2. The van der Waals surface area contributed by atoms with E-state index < -0.39 is 5.91 Å². The first-order valence-electron chi connectivity index (χ1n) is 5.92. The summed E-state index contributed by atoms with van der Waals surface area (Å²) in [5.41, 5.74) is 6.68. The van der Waals surface area contributed by atoms with Gasteiger partial charge >= 0.3 is 0 Å². The number of rotatable bonds is 4. The molecule has 2 amide bonds. The summed E-state index contributed by atoms with van der Waals surface area (Å²) in [5.74, 6) is -0.821. The predicted octanol–water partition coefficient (Wildman–Crippen LogP) is 1.61. The number of nitriles is 1. The molecule has 0 unspecified atom stereocenters. The van der Waals surface area contributed by atoms with Gasteiger partial charge in [0.05, 0.1) is 22.4 Å². The molecule has 20 heavy (non-hydrogen) atoms. The molecule has 0 saturated carbocycles. The predicted molar refractivity (Wildman–Crippen MR) is 78.8 cm³/mol. The second kappa shape index (κ2) is 6.11. The molecule has 2 heterocycles. The van der Waals surface area contributed by atoms with Crippen molar-refractivity contribution in [1.29, 1.82) is 5.26 Å². The molecule has 1 aliphatic heterocycles. The Morgan fingerprint density at radius 1 is 1.70 bits per heavy atom. The summed E-state index contributed by atoms with van der Waals surface area (Å²) in [6.45, 7) is 1.96. The molecule has 0 bridgehead atoms. The molecule has 1 aromatic heterocycles. The molecule has 3 N–H and O–H groups in total. The van der Waals surface area contributed by atoms with E-state index in [1.807, 2.05) is 18.4 Å². The Balaban J connectivity index is 2.38. The molecule has 0 aliphatic carbocycles. The number of primary amides is 1. The van der Waals surface area contributed by atoms with Crippen molar-refractivity contribution in [3.8, 4) is 6.07 Å². The number of carbonyl (C=O) groups excluding carboxylic acids is 2. The Kier molecular flexibility index (Phi) is 4.47. The lowest BCUT2D eigenvalue weighted by atomic mass is 9.91. The van der Waals surface area contributed by atoms with Crippen LogP contribution in [0.4, 0.5) is 0 Å². The van der Waals surface area contributed by atoms with Crippen LogP contribution in [-0.4, -0.2) is 17.6 Å². The first kappa shape index (κ1) is 14.6. The van der Waals surface area contributed by atoms with Gasteiger partial charge in [-0.3, -0.25) is 9.59 Å². The smallest absolute Gasteiger partial charge is 0.227 e. The van der Waals surface area contributed by atoms with Crippen LogP contribution in [0.15, 0.2) is 22.0 Å². The molecular formula is C13H13N3O2S2. The number of thiophene rings is 1. The Hall–Kier alpha value is -1.78. The van der Waals surface area contributed by atoms with Crippen LogP contribution in [0.3, 0.4) is 0 Å². The fourth-order valence-corrected chi connectivity index (χ4v) is 3.90. The molecule has 2 rings (SSSR count). The second-order valence-corrected chi connectivity index (χ2v) is 6.32. The number of aryl methyl sites for hydroxylation is 1. The van der Waals surface area contributed by atoms with E-state index in [2.05, 4.69) is 11.4 Å². The van der Waals surface area contributed by atoms with Crippen molar-refractivity contribution in [2.24, 2.45) is 5.73 Å². The number of allylic oxidation sites excluding steroid dienone is 1. The van der Waals surface area contributed by atoms with E-state index in [9.17, 15) is 14.9 Å². The van der Waals surface area contributed by atoms with Gasteiger partial charge in [-0.1, -0.05) is 11.8 Å². The summed E-state index contributed by atoms with van der Waals surface area (Å²) in [6, 6.07) is 4.13. The van der Waals surface area contributed by atoms with Gasteiger partial charge in [-0.05, 0) is 23.9 Å². The molecule has 0 saturated heterocycles. The van der Waals surface area contributed by atoms with E-state index in [0.29, 0.717) is 10.6 Å². The average Bonchev–Trinajstić information content (AvgIpc) is 2.81. The van der Waals surface area contributed by atoms with E-state index in [4.69, 9.17) is 5.73 Å². The summed E-state index contributed by atoms with van der Waals surface area (Å²) in [5, 5.41) is 14.4. The van der Waals surface area contributed by atoms with Crippen molar-refractivity contribution in [2.45, 2.75) is 19.3 Å². The highest BCUT2D eigenvalue weighted by Gasteiger charge is 2.31. The third kappa shape index (κ3) is 3.03. The molecule has 1 atom stereocenters. The van der Waals surface area contributed by atoms with Gasteiger partial charge in [-0.25, -0.2) is 0 Å². The van der Waals surface area contributed by atoms with Crippen molar-refractivity contribution < 1.29 is 9.59 Å². The Morgan fingerprint density at radius 2 is 2.45 bits per heavy atom. The van der Waals surface area contributed by atoms with Crippen LogP contribution in [0.5, 0.6) is 0 Å². The number of carbonyl (C=O) groups is 2. The molecule has 104 valence electrons. The molecule has 1 aromatic rings. The minimum atomic E-state index is -0.483. The summed E-state index contributed by atoms with van der Waals surface area (Å²) >= 11 is 2.64. The minimum Gasteiger partial charge on any atom is -0.369 e. The first-order valence-corrected chi connectivity index (χ1v) is 7.78. The third-order valence-electron chi connectivity index (χ3n) is 2.93. The highest BCUT2D eigenvalue weighted by Crippen LogP contribution is 2.39. The van der Waals surface area contributed by atoms with Crippen LogP contribution < -0.4 is 11.1 Å². The lowest BCUT2D eigenvalue weighted by molar-refractivity contribution is -0.121. The van der Waals surface area contributed by atoms with Crippen molar-refractivity contribution in [3.05, 3.63) is 32.5 Å². The number of nitrogens with two attached hydrogens (primary N) is 1. The highest BCUT2D eigenvalue weighted by molar-refractivity contribution is 8.03. The maximum absolute atomic E-state index is 11.8. The summed E-state index contributed by atoms with van der Waals surface area (Å²) in [6.07, 6.45) is 0.255. The maximum Gasteiger partial charge on any atom is 0.227 e. The molecule has 7 heteroatoms. The second-order valence-electron chi connectivity index (χ2n) is 4.38. The lowest BCUT2D eigenvalue weighted by Crippen LogP contribution is -2.31. The minimum absolute atomic E-state index is 0.0386. The number of hydrogen-bond acceptors (Lipinski definition) is 5. The van der Waals surface area contributed by atoms with Crippen molar-refractivity contribution in [3.63, 3.8) is 0 Å². The van der Waals surface area contributed by atoms with Crippen LogP contribution in [0.2, 0.25) is 0 Å². The Bertz CT molecular complexity index is 628. The van der Waals surface area contributed by atoms with E-state index in [0.717, 1.165) is 22.2 Å². The monoisotopic (exact) mass is 307 g/mol. The van der Waals surface area contributed by atoms with Gasteiger partial charge < -0.3 is 11.1 Å². The Labute approximate surface area is 124 Å². The molecule has 1 aliphatic rings. The fraction of sp³-hybridized carbons (Fsp3) is 0.308. The van der Waals surface area contributed by atoms with E-state index in [1.54, 1.807) is 0 Å². The molecular weight excluding hydrogens is 294 g/mol. The number of thioether (sulfide) groups is 1. The molecule has 0 spiro atoms. The first-order chi connectivity index (χ1) is 9.52. The van der Waals surface area contributed by atoms with Crippen LogP contribution in [0, 0.1) is 18.3 Å². The van der Waals surface area contributed by atoms with Crippen molar-refractivity contribution in [1.82, 2.24) is 5.32 Å². The number of nitrogens with one attached hydrogen (secondary N) is 1. The molecule has 0 radical (unpaired) electrons. The molecule has 0 aromatic carbocycles.